The molecule has 1 aliphatic rings. The van der Waals surface area contributed by atoms with Crippen molar-refractivity contribution >= 4 is 49.5 Å². The molecule has 1 unspecified atom stereocenters. The molecule has 0 saturated heterocycles. The van der Waals surface area contributed by atoms with E-state index in [2.05, 4.69) is 48.2 Å². The summed E-state index contributed by atoms with van der Waals surface area (Å²) in [7, 11) is 0. The minimum atomic E-state index is 0.123. The van der Waals surface area contributed by atoms with Gasteiger partial charge in [0, 0.05) is 15.6 Å². The van der Waals surface area contributed by atoms with Crippen molar-refractivity contribution in [2.45, 2.75) is 6.04 Å². The molecular formula is C8H6Br2N2S. The molecule has 0 spiro atoms. The van der Waals surface area contributed by atoms with Crippen LogP contribution in [0.3, 0.4) is 0 Å². The van der Waals surface area contributed by atoms with Crippen LogP contribution in [0.5, 0.6) is 0 Å². The Morgan fingerprint density at radius 2 is 2.23 bits per heavy atom. The van der Waals surface area contributed by atoms with Crippen molar-refractivity contribution in [1.29, 1.82) is 0 Å². The summed E-state index contributed by atoms with van der Waals surface area (Å²) in [5.74, 6) is 0. The maximum Gasteiger partial charge on any atom is 0.119 e. The van der Waals surface area contributed by atoms with Gasteiger partial charge in [-0.1, -0.05) is 15.9 Å². The third kappa shape index (κ3) is 2.03. The van der Waals surface area contributed by atoms with E-state index < -0.39 is 0 Å². The first-order chi connectivity index (χ1) is 6.27. The van der Waals surface area contributed by atoms with Crippen molar-refractivity contribution in [2.75, 3.05) is 0 Å². The topological polar surface area (TPSA) is 24.4 Å². The Morgan fingerprint density at radius 3 is 2.85 bits per heavy atom. The fourth-order valence-corrected chi connectivity index (χ4v) is 3.21. The molecule has 5 heteroatoms. The van der Waals surface area contributed by atoms with Crippen LogP contribution >= 0.6 is 43.2 Å². The first-order valence-electron chi connectivity index (χ1n) is 3.66. The second-order valence-electron chi connectivity index (χ2n) is 2.52. The standard InChI is InChI=1S/C8H6Br2N2S/c9-5-3-11-4-12-8(5)6-1-2-7(10)13-6/h1-4,8H,(H,11,12). The van der Waals surface area contributed by atoms with Crippen LogP contribution in [-0.2, 0) is 0 Å². The fourth-order valence-electron chi connectivity index (χ4n) is 1.07. The van der Waals surface area contributed by atoms with Gasteiger partial charge in [-0.05, 0) is 28.1 Å². The predicted molar refractivity (Wildman–Crippen MR) is 63.4 cm³/mol. The summed E-state index contributed by atoms with van der Waals surface area (Å²) < 4.78 is 2.20. The van der Waals surface area contributed by atoms with Crippen LogP contribution in [0.25, 0.3) is 0 Å². The summed E-state index contributed by atoms with van der Waals surface area (Å²) in [6, 6.07) is 4.24. The largest absolute Gasteiger partial charge is 0.352 e. The van der Waals surface area contributed by atoms with E-state index in [0.29, 0.717) is 0 Å². The zero-order valence-corrected chi connectivity index (χ0v) is 10.5. The van der Waals surface area contributed by atoms with Crippen molar-refractivity contribution in [3.05, 3.63) is 31.5 Å². The second-order valence-corrected chi connectivity index (χ2v) is 5.93. The van der Waals surface area contributed by atoms with Crippen LogP contribution in [0, 0.1) is 0 Å². The fraction of sp³-hybridized carbons (Fsp3) is 0.125. The van der Waals surface area contributed by atoms with E-state index in [1.165, 1.54) is 4.88 Å². The molecule has 0 aromatic carbocycles. The van der Waals surface area contributed by atoms with E-state index in [1.807, 2.05) is 12.3 Å². The predicted octanol–water partition coefficient (Wildman–Crippen LogP) is 3.42. The molecular weight excluding hydrogens is 316 g/mol. The maximum absolute atomic E-state index is 4.33. The van der Waals surface area contributed by atoms with Crippen molar-refractivity contribution in [3.8, 4) is 0 Å². The minimum absolute atomic E-state index is 0.123. The summed E-state index contributed by atoms with van der Waals surface area (Å²) in [5, 5.41) is 2.93. The molecule has 1 N–H and O–H groups in total. The third-order valence-electron chi connectivity index (χ3n) is 1.64. The van der Waals surface area contributed by atoms with Gasteiger partial charge in [0.05, 0.1) is 10.1 Å². The molecule has 2 nitrogen and oxygen atoms in total. The lowest BCUT2D eigenvalue weighted by molar-refractivity contribution is 0.893. The van der Waals surface area contributed by atoms with E-state index in [0.717, 1.165) is 8.27 Å². The average Bonchev–Trinajstić information content (AvgIpc) is 2.53. The van der Waals surface area contributed by atoms with Gasteiger partial charge in [-0.15, -0.1) is 11.3 Å². The molecule has 1 aromatic rings. The summed E-state index contributed by atoms with van der Waals surface area (Å²) in [6.45, 7) is 0. The number of hydrogen-bond acceptors (Lipinski definition) is 3. The van der Waals surface area contributed by atoms with Gasteiger partial charge in [-0.25, -0.2) is 0 Å². The molecule has 0 radical (unpaired) electrons. The summed E-state index contributed by atoms with van der Waals surface area (Å²) in [4.78, 5) is 5.56. The molecule has 68 valence electrons. The molecule has 0 saturated carbocycles. The monoisotopic (exact) mass is 320 g/mol. The molecule has 0 aliphatic carbocycles. The first-order valence-corrected chi connectivity index (χ1v) is 6.06. The van der Waals surface area contributed by atoms with E-state index in [9.17, 15) is 0 Å². The van der Waals surface area contributed by atoms with Crippen LogP contribution in [0.15, 0.2) is 31.6 Å². The Kier molecular flexibility index (Phi) is 2.86. The van der Waals surface area contributed by atoms with Gasteiger partial charge in [0.15, 0.2) is 0 Å². The lowest BCUT2D eigenvalue weighted by Gasteiger charge is -2.13. The van der Waals surface area contributed by atoms with Gasteiger partial charge >= 0.3 is 0 Å². The van der Waals surface area contributed by atoms with Crippen molar-refractivity contribution in [2.24, 2.45) is 4.99 Å². The van der Waals surface area contributed by atoms with Gasteiger partial charge in [-0.3, -0.25) is 4.99 Å². The average molecular weight is 322 g/mol. The van der Waals surface area contributed by atoms with Gasteiger partial charge in [0.25, 0.3) is 0 Å². The van der Waals surface area contributed by atoms with E-state index >= 15 is 0 Å². The quantitative estimate of drug-likeness (QED) is 0.842. The van der Waals surface area contributed by atoms with Crippen molar-refractivity contribution in [1.82, 2.24) is 5.32 Å². The van der Waals surface area contributed by atoms with Crippen LogP contribution in [0.1, 0.15) is 10.9 Å². The van der Waals surface area contributed by atoms with Crippen LogP contribution in [0.2, 0.25) is 0 Å². The SMILES string of the molecule is BrC1=CNC=NC1c1ccc(Br)s1. The Balaban J connectivity index is 2.30. The summed E-state index contributed by atoms with van der Waals surface area (Å²) in [5.41, 5.74) is 0. The molecule has 1 aliphatic heterocycles. The lowest BCUT2D eigenvalue weighted by atomic mass is 10.2. The smallest absolute Gasteiger partial charge is 0.119 e. The van der Waals surface area contributed by atoms with E-state index in [1.54, 1.807) is 17.7 Å². The zero-order chi connectivity index (χ0) is 9.26. The van der Waals surface area contributed by atoms with Crippen molar-refractivity contribution < 1.29 is 0 Å². The Labute approximate surface area is 97.0 Å². The highest BCUT2D eigenvalue weighted by Gasteiger charge is 2.16. The molecule has 0 bridgehead atoms. The second kappa shape index (κ2) is 3.94. The summed E-state index contributed by atoms with van der Waals surface area (Å²) in [6.07, 6.45) is 3.62. The highest BCUT2D eigenvalue weighted by molar-refractivity contribution is 9.11. The number of nitrogens with one attached hydrogen (secondary N) is 1. The van der Waals surface area contributed by atoms with Gasteiger partial charge in [0.1, 0.15) is 6.04 Å². The van der Waals surface area contributed by atoms with Crippen LogP contribution in [-0.4, -0.2) is 6.34 Å². The molecule has 2 heterocycles. The minimum Gasteiger partial charge on any atom is -0.352 e. The Bertz CT molecular complexity index is 370. The maximum atomic E-state index is 4.33. The molecule has 1 atom stereocenters. The number of hydrogen-bond donors (Lipinski definition) is 1. The van der Waals surface area contributed by atoms with Gasteiger partial charge < -0.3 is 5.32 Å². The molecule has 0 fully saturated rings. The number of halogens is 2. The number of nitrogens with zero attached hydrogens (tertiary/aromatic N) is 1. The van der Waals surface area contributed by atoms with Crippen molar-refractivity contribution in [3.63, 3.8) is 0 Å². The zero-order valence-electron chi connectivity index (χ0n) is 6.50. The first kappa shape index (κ1) is 9.43. The van der Waals surface area contributed by atoms with E-state index in [4.69, 9.17) is 0 Å². The Hall–Kier alpha value is -0.130. The lowest BCUT2D eigenvalue weighted by Crippen LogP contribution is -2.10. The number of thiophene rings is 1. The highest BCUT2D eigenvalue weighted by Crippen LogP contribution is 2.36. The Morgan fingerprint density at radius 1 is 1.38 bits per heavy atom. The normalized spacial score (nSPS) is 21.1. The molecule has 1 aromatic heterocycles. The van der Waals surface area contributed by atoms with Gasteiger partial charge in [-0.2, -0.15) is 0 Å². The van der Waals surface area contributed by atoms with Crippen LogP contribution in [0.4, 0.5) is 0 Å². The van der Waals surface area contributed by atoms with Gasteiger partial charge in [0.2, 0.25) is 0 Å². The molecule has 0 amide bonds. The van der Waals surface area contributed by atoms with Crippen LogP contribution < -0.4 is 5.32 Å². The highest BCUT2D eigenvalue weighted by atomic mass is 79.9. The number of aliphatic imine (C=N–C) groups is 1. The van der Waals surface area contributed by atoms with E-state index in [-0.39, 0.29) is 6.04 Å². The third-order valence-corrected chi connectivity index (χ3v) is 3.98. The molecule has 2 rings (SSSR count). The number of rotatable bonds is 1. The summed E-state index contributed by atoms with van der Waals surface area (Å²) >= 11 is 8.61. The molecule has 13 heavy (non-hydrogen) atoms.